The molecule has 8 radical (unpaired) electrons. The van der Waals surface area contributed by atoms with E-state index in [0.29, 0.717) is 0 Å². The van der Waals surface area contributed by atoms with Crippen LogP contribution in [-0.4, -0.2) is 69.8 Å². The summed E-state index contributed by atoms with van der Waals surface area (Å²) in [6, 6.07) is 57.4. The van der Waals surface area contributed by atoms with E-state index in [1.54, 1.807) is 36.8 Å². The van der Waals surface area contributed by atoms with Gasteiger partial charge in [-0.05, 0) is 112 Å². The second kappa shape index (κ2) is 87.2. The fraction of sp³-hybridized carbons (Fsp3) is 0.245. The molecule has 0 atom stereocenters. The van der Waals surface area contributed by atoms with Crippen LogP contribution in [-0.2, 0) is 262 Å². The van der Waals surface area contributed by atoms with Crippen molar-refractivity contribution in [3.63, 3.8) is 0 Å². The van der Waals surface area contributed by atoms with Crippen LogP contribution in [0.15, 0.2) is 207 Å². The molecule has 0 aliphatic heterocycles. The molecule has 0 bridgehead atoms. The molecule has 0 fully saturated rings. The van der Waals surface area contributed by atoms with Gasteiger partial charge < -0.3 is 101 Å². The minimum atomic E-state index is 0. The maximum absolute atomic E-state index is 4.23. The molecule has 0 saturated heterocycles. The number of nitrogens with zero attached hydrogens (tertiary/aromatic N) is 14. The monoisotopic (exact) mass is 2200 g/mol. The predicted molar refractivity (Wildman–Crippen MR) is 474 cm³/mol. The van der Waals surface area contributed by atoms with Gasteiger partial charge in [0, 0.05) is 309 Å². The standard InChI is InChI=1S/2C10H8N.6C9H7N2.8C3H7.8Y/c2*1-8-4-5-9-3-2-6-11-10(9)7-8;2*1-7-2-3-8-5-10-6-11-9(8)4-7;1-7-2-3-8-9(6-7)11-5-4-10-8;1-7-4-5-8-3-2-6-10-9(8)11-7;1-7-5-9-8(6-11-7)3-2-4-10-9;1-7-5-9-8(11-6-7)3-2-4-10-9;8*1-3-2;;;;;;;;/h2*2-5,7H,1H3;2*2-5H,1H3;2-4,6H,1H3;2-5H,1H3;2*2-3,5-6H,1H3;8*3H,1-2H3;;;;;;;;/q16*-1;;;;;;;;. The molecule has 0 aliphatic rings. The summed E-state index contributed by atoms with van der Waals surface area (Å²) < 4.78 is 0. The molecule has 0 amide bonds. The Morgan fingerprint density at radius 1 is 0.217 bits per heavy atom. The van der Waals surface area contributed by atoms with Crippen molar-refractivity contribution in [2.75, 3.05) is 0 Å². The number of fused-ring (bicyclic) bond motifs is 8. The summed E-state index contributed by atoms with van der Waals surface area (Å²) in [7, 11) is 0. The first-order valence-corrected chi connectivity index (χ1v) is 37.2. The average Bonchev–Trinajstić information content (AvgIpc) is 0.920. The third-order valence-electron chi connectivity index (χ3n) is 12.9. The fourth-order valence-electron chi connectivity index (χ4n) is 8.38. The zero-order valence-corrected chi connectivity index (χ0v) is 97.8. The van der Waals surface area contributed by atoms with Crippen molar-refractivity contribution in [3.05, 3.63) is 353 Å². The Bertz CT molecular complexity index is 4160. The van der Waals surface area contributed by atoms with Gasteiger partial charge in [-0.25, -0.2) is 0 Å². The molecular formula is C98H114N14Y8-16. The quantitative estimate of drug-likeness (QED) is 0.131. The molecule has 22 heteroatoms. The molecule has 0 N–H and O–H groups in total. The number of benzene rings is 5. The van der Waals surface area contributed by atoms with Crippen molar-refractivity contribution in [1.82, 2.24) is 69.8 Å². The van der Waals surface area contributed by atoms with E-state index in [2.05, 4.69) is 170 Å². The first-order chi connectivity index (χ1) is 54.2. The van der Waals surface area contributed by atoms with Gasteiger partial charge in [-0.1, -0.05) is 201 Å². The number of aromatic nitrogens is 14. The molecular weight excluding hydrogens is 2080 g/mol. The molecule has 16 rings (SSSR count). The van der Waals surface area contributed by atoms with Crippen LogP contribution < -0.4 is 0 Å². The van der Waals surface area contributed by atoms with E-state index >= 15 is 0 Å². The van der Waals surface area contributed by atoms with Crippen LogP contribution in [0.3, 0.4) is 0 Å². The number of pyridine rings is 8. The van der Waals surface area contributed by atoms with Crippen LogP contribution >= 0.6 is 0 Å². The SMILES string of the molecule is C[CH-]C.C[CH-]C.C[CH-]C.C[CH-]C.C[CH-]C.C[CH-]C.C[CH-]C.C[CH-]C.Cc1cc2n[c-]ccc2cn1.Cc1ccc2cc[c-]nc2c1.Cc1ccc2cc[c-]nc2c1.Cc1ccc2cc[c-]nc2n1.Cc1ccc2cn[c-]nc2c1.Cc1ccc2cn[c-]nc2c1.Cc1ccc2nc[c-]nc2c1.Cc1cnc2cc[c-]nc2c1.[Y].[Y].[Y].[Y].[Y].[Y].[Y].[Y]. The van der Waals surface area contributed by atoms with Crippen LogP contribution in [0.4, 0.5) is 0 Å². The van der Waals surface area contributed by atoms with E-state index in [1.807, 2.05) is 337 Å². The van der Waals surface area contributed by atoms with Crippen molar-refractivity contribution in [1.29, 1.82) is 0 Å². The van der Waals surface area contributed by atoms with E-state index in [1.165, 1.54) is 38.6 Å². The second-order valence-corrected chi connectivity index (χ2v) is 24.8. The van der Waals surface area contributed by atoms with Crippen molar-refractivity contribution < 1.29 is 262 Å². The number of hydrogen-bond donors (Lipinski definition) is 0. The van der Waals surface area contributed by atoms with E-state index < -0.39 is 0 Å². The van der Waals surface area contributed by atoms with E-state index in [9.17, 15) is 0 Å². The average molecular weight is 2200 g/mol. The molecule has 14 nitrogen and oxygen atoms in total. The maximum Gasteiger partial charge on any atom is 0.0453 e. The van der Waals surface area contributed by atoms with Crippen LogP contribution in [0, 0.1) is 157 Å². The normalized spacial score (nSPS) is 8.73. The van der Waals surface area contributed by atoms with Crippen LogP contribution in [0.1, 0.15) is 156 Å². The summed E-state index contributed by atoms with van der Waals surface area (Å²) in [6.07, 6.45) is 46.5. The molecule has 0 saturated carbocycles. The predicted octanol–water partition coefficient (Wildman–Crippen LogP) is 24.9. The first-order valence-electron chi connectivity index (χ1n) is 37.2. The van der Waals surface area contributed by atoms with E-state index in [4.69, 9.17) is 0 Å². The molecule has 16 aromatic rings. The molecule has 11 heterocycles. The smallest absolute Gasteiger partial charge is 0.0453 e. The maximum atomic E-state index is 4.23. The van der Waals surface area contributed by atoms with Crippen molar-refractivity contribution >= 4 is 87.6 Å². The largest absolute Gasteiger partial charge is 0.448 e. The Hall–Kier alpha value is -2.55. The molecule has 120 heavy (non-hydrogen) atoms. The Balaban J connectivity index is -0.000000190. The topological polar surface area (TPSA) is 180 Å². The van der Waals surface area contributed by atoms with Crippen LogP contribution in [0.5, 0.6) is 0 Å². The summed E-state index contributed by atoms with van der Waals surface area (Å²) in [5.41, 5.74) is 18.6. The Labute approximate surface area is 923 Å². The summed E-state index contributed by atoms with van der Waals surface area (Å²) in [4.78, 5) is 56.7. The van der Waals surface area contributed by atoms with Gasteiger partial charge in [0.2, 0.25) is 0 Å². The number of rotatable bonds is 0. The van der Waals surface area contributed by atoms with Crippen molar-refractivity contribution in [2.24, 2.45) is 0 Å². The first kappa shape index (κ1) is 133. The molecule has 11 aromatic heterocycles. The van der Waals surface area contributed by atoms with Gasteiger partial charge in [-0.3, -0.25) is 19.9 Å². The molecule has 0 aliphatic carbocycles. The molecule has 5 aromatic carbocycles. The Morgan fingerprint density at radius 3 is 0.925 bits per heavy atom. The Kier molecular flexibility index (Phi) is 96.6. The third-order valence-corrected chi connectivity index (χ3v) is 12.9. The van der Waals surface area contributed by atoms with E-state index in [-0.39, 0.29) is 262 Å². The van der Waals surface area contributed by atoms with Gasteiger partial charge in [-0.15, -0.1) is 29.1 Å². The summed E-state index contributed by atoms with van der Waals surface area (Å²) in [5, 5.41) is 6.61. The van der Waals surface area contributed by atoms with Gasteiger partial charge in [0.05, 0.1) is 0 Å². The van der Waals surface area contributed by atoms with Crippen molar-refractivity contribution in [2.45, 2.75) is 166 Å². The van der Waals surface area contributed by atoms with Gasteiger partial charge in [0.1, 0.15) is 0 Å². The van der Waals surface area contributed by atoms with Gasteiger partial charge in [0.15, 0.2) is 0 Å². The zero-order chi connectivity index (χ0) is 83.1. The molecule has 616 valence electrons. The summed E-state index contributed by atoms with van der Waals surface area (Å²) >= 11 is 0. The number of hydrogen-bond acceptors (Lipinski definition) is 14. The van der Waals surface area contributed by atoms with Crippen LogP contribution in [0.25, 0.3) is 87.6 Å². The second-order valence-electron chi connectivity index (χ2n) is 24.8. The summed E-state index contributed by atoms with van der Waals surface area (Å²) in [6.45, 7) is 48.2. The molecule has 0 unspecified atom stereocenters. The minimum Gasteiger partial charge on any atom is -0.448 e. The fourth-order valence-corrected chi connectivity index (χ4v) is 8.38. The summed E-state index contributed by atoms with van der Waals surface area (Å²) in [5.74, 6) is 0. The third kappa shape index (κ3) is 61.0. The zero-order valence-electron chi connectivity index (χ0n) is 75.1. The van der Waals surface area contributed by atoms with E-state index in [0.717, 1.165) is 93.8 Å². The van der Waals surface area contributed by atoms with Gasteiger partial charge in [-0.2, -0.15) is 165 Å². The van der Waals surface area contributed by atoms with Gasteiger partial charge >= 0.3 is 0 Å². The van der Waals surface area contributed by atoms with Crippen LogP contribution in [0.2, 0.25) is 0 Å². The minimum absolute atomic E-state index is 0. The van der Waals surface area contributed by atoms with Crippen molar-refractivity contribution in [3.8, 4) is 0 Å². The number of aryl methyl sites for hydroxylation is 8. The van der Waals surface area contributed by atoms with Gasteiger partial charge in [0.25, 0.3) is 0 Å². The molecule has 0 spiro atoms. The Morgan fingerprint density at radius 2 is 0.508 bits per heavy atom.